The van der Waals surface area contributed by atoms with E-state index in [0.717, 1.165) is 5.69 Å². The first-order valence-corrected chi connectivity index (χ1v) is 8.73. The molecule has 0 radical (unpaired) electrons. The van der Waals surface area contributed by atoms with Crippen molar-refractivity contribution in [1.82, 2.24) is 5.32 Å². The summed E-state index contributed by atoms with van der Waals surface area (Å²) in [6.07, 6.45) is 0. The number of esters is 1. The molecule has 0 unspecified atom stereocenters. The molecule has 0 aliphatic carbocycles. The summed E-state index contributed by atoms with van der Waals surface area (Å²) in [7, 11) is 0. The summed E-state index contributed by atoms with van der Waals surface area (Å²) in [6.45, 7) is 8.40. The average molecular weight is 356 g/mol. The minimum atomic E-state index is -0.339. The Balaban J connectivity index is 2.01. The molecule has 0 aromatic heterocycles. The van der Waals surface area contributed by atoms with Gasteiger partial charge in [-0.3, -0.25) is 0 Å². The Labute approximate surface area is 154 Å². The van der Waals surface area contributed by atoms with Gasteiger partial charge in [0.15, 0.2) is 5.11 Å². The number of carbonyl (C=O) groups excluding carboxylic acids is 1. The molecule has 0 saturated carbocycles. The highest BCUT2D eigenvalue weighted by Gasteiger charge is 2.10. The van der Waals surface area contributed by atoms with Gasteiger partial charge in [-0.15, -0.1) is 0 Å². The third-order valence-electron chi connectivity index (χ3n) is 4.01. The molecule has 0 spiro atoms. The zero-order valence-corrected chi connectivity index (χ0v) is 15.9. The van der Waals surface area contributed by atoms with Crippen LogP contribution >= 0.6 is 12.2 Å². The third-order valence-corrected chi connectivity index (χ3v) is 4.23. The summed E-state index contributed by atoms with van der Waals surface area (Å²) in [5.74, 6) is -0.339. The van der Waals surface area contributed by atoms with Crippen LogP contribution in [-0.4, -0.2) is 17.7 Å². The van der Waals surface area contributed by atoms with Gasteiger partial charge in [0, 0.05) is 5.69 Å². The molecular formula is C20H24N2O2S. The van der Waals surface area contributed by atoms with E-state index in [1.165, 1.54) is 16.7 Å². The van der Waals surface area contributed by atoms with Gasteiger partial charge in [-0.05, 0) is 74.8 Å². The van der Waals surface area contributed by atoms with E-state index in [2.05, 4.69) is 49.6 Å². The van der Waals surface area contributed by atoms with Crippen LogP contribution in [0.5, 0.6) is 0 Å². The monoisotopic (exact) mass is 356 g/mol. The molecule has 132 valence electrons. The molecule has 0 aliphatic heterocycles. The van der Waals surface area contributed by atoms with Gasteiger partial charge >= 0.3 is 5.97 Å². The maximum absolute atomic E-state index is 11.8. The van der Waals surface area contributed by atoms with Crippen LogP contribution in [0, 0.1) is 13.8 Å². The number of hydrogen-bond donors (Lipinski definition) is 2. The van der Waals surface area contributed by atoms with E-state index in [9.17, 15) is 4.79 Å². The van der Waals surface area contributed by atoms with E-state index in [4.69, 9.17) is 17.0 Å². The topological polar surface area (TPSA) is 50.4 Å². The Morgan fingerprint density at radius 3 is 2.60 bits per heavy atom. The third kappa shape index (κ3) is 5.29. The molecule has 2 rings (SSSR count). The second-order valence-electron chi connectivity index (χ2n) is 5.97. The van der Waals surface area contributed by atoms with Crippen LogP contribution in [0.25, 0.3) is 0 Å². The van der Waals surface area contributed by atoms with Crippen LogP contribution < -0.4 is 10.6 Å². The Bertz CT molecular complexity index is 774. The van der Waals surface area contributed by atoms with E-state index >= 15 is 0 Å². The largest absolute Gasteiger partial charge is 0.462 e. The van der Waals surface area contributed by atoms with Gasteiger partial charge in [-0.1, -0.05) is 24.3 Å². The standard InChI is InChI=1S/C20H24N2O2S/c1-5-24-19(23)17-7-6-8-18(12-17)22-20(25)21-15(4)16-10-9-13(2)14(3)11-16/h6-12,15H,5H2,1-4H3,(H2,21,22,25)/t15-/m1/s1. The van der Waals surface area contributed by atoms with Crippen molar-refractivity contribution in [2.75, 3.05) is 11.9 Å². The number of ether oxygens (including phenoxy) is 1. The number of hydrogen-bond acceptors (Lipinski definition) is 3. The quantitative estimate of drug-likeness (QED) is 0.609. The predicted molar refractivity (Wildman–Crippen MR) is 106 cm³/mol. The number of thiocarbonyl (C=S) groups is 1. The van der Waals surface area contributed by atoms with Crippen molar-refractivity contribution in [2.45, 2.75) is 33.7 Å². The first kappa shape index (κ1) is 18.9. The summed E-state index contributed by atoms with van der Waals surface area (Å²) in [5, 5.41) is 6.89. The van der Waals surface area contributed by atoms with Gasteiger partial charge in [-0.2, -0.15) is 0 Å². The molecule has 2 aromatic rings. The van der Waals surface area contributed by atoms with Crippen LogP contribution in [0.4, 0.5) is 5.69 Å². The SMILES string of the molecule is CCOC(=O)c1cccc(NC(=S)N[C@H](C)c2ccc(C)c(C)c2)c1. The lowest BCUT2D eigenvalue weighted by molar-refractivity contribution is 0.0526. The zero-order valence-electron chi connectivity index (χ0n) is 15.1. The first-order chi connectivity index (χ1) is 11.9. The molecule has 25 heavy (non-hydrogen) atoms. The van der Waals surface area contributed by atoms with Gasteiger partial charge < -0.3 is 15.4 Å². The second-order valence-corrected chi connectivity index (χ2v) is 6.37. The lowest BCUT2D eigenvalue weighted by Crippen LogP contribution is -2.31. The fourth-order valence-electron chi connectivity index (χ4n) is 2.42. The molecule has 0 bridgehead atoms. The Hall–Kier alpha value is -2.40. The second kappa shape index (κ2) is 8.62. The van der Waals surface area contributed by atoms with Gasteiger partial charge in [0.1, 0.15) is 0 Å². The molecule has 0 saturated heterocycles. The summed E-state index contributed by atoms with van der Waals surface area (Å²) in [4.78, 5) is 11.8. The van der Waals surface area contributed by atoms with Gasteiger partial charge in [0.25, 0.3) is 0 Å². The maximum Gasteiger partial charge on any atom is 0.338 e. The molecule has 0 aliphatic rings. The van der Waals surface area contributed by atoms with E-state index in [-0.39, 0.29) is 12.0 Å². The van der Waals surface area contributed by atoms with Crippen molar-refractivity contribution in [1.29, 1.82) is 0 Å². The minimum absolute atomic E-state index is 0.0764. The van der Waals surface area contributed by atoms with Crippen molar-refractivity contribution < 1.29 is 9.53 Å². The lowest BCUT2D eigenvalue weighted by Gasteiger charge is -2.18. The summed E-state index contributed by atoms with van der Waals surface area (Å²) in [5.41, 5.74) is 4.94. The summed E-state index contributed by atoms with van der Waals surface area (Å²) < 4.78 is 5.02. The number of rotatable bonds is 5. The Morgan fingerprint density at radius 2 is 1.92 bits per heavy atom. The van der Waals surface area contributed by atoms with Gasteiger partial charge in [-0.25, -0.2) is 4.79 Å². The number of anilines is 1. The molecule has 1 atom stereocenters. The van der Waals surface area contributed by atoms with Crippen molar-refractivity contribution in [3.8, 4) is 0 Å². The fraction of sp³-hybridized carbons (Fsp3) is 0.300. The summed E-state index contributed by atoms with van der Waals surface area (Å²) in [6, 6.07) is 13.6. The zero-order chi connectivity index (χ0) is 18.4. The maximum atomic E-state index is 11.8. The van der Waals surface area contributed by atoms with E-state index in [1.807, 2.05) is 6.07 Å². The van der Waals surface area contributed by atoms with Crippen molar-refractivity contribution in [3.05, 3.63) is 64.7 Å². The molecule has 5 heteroatoms. The highest BCUT2D eigenvalue weighted by molar-refractivity contribution is 7.80. The van der Waals surface area contributed by atoms with E-state index in [0.29, 0.717) is 17.3 Å². The molecular weight excluding hydrogens is 332 g/mol. The van der Waals surface area contributed by atoms with Crippen LogP contribution in [0.1, 0.15) is 46.9 Å². The predicted octanol–water partition coefficient (Wildman–Crippen LogP) is 4.53. The average Bonchev–Trinajstić information content (AvgIpc) is 2.57. The Morgan fingerprint density at radius 1 is 1.16 bits per heavy atom. The molecule has 2 N–H and O–H groups in total. The molecule has 2 aromatic carbocycles. The highest BCUT2D eigenvalue weighted by atomic mass is 32.1. The number of carbonyl (C=O) groups is 1. The number of aryl methyl sites for hydroxylation is 2. The molecule has 4 nitrogen and oxygen atoms in total. The van der Waals surface area contributed by atoms with Crippen molar-refractivity contribution >= 4 is 29.0 Å². The van der Waals surface area contributed by atoms with Crippen molar-refractivity contribution in [2.24, 2.45) is 0 Å². The normalized spacial score (nSPS) is 11.5. The Kier molecular flexibility index (Phi) is 6.53. The number of benzene rings is 2. The van der Waals surface area contributed by atoms with Crippen LogP contribution in [0.3, 0.4) is 0 Å². The first-order valence-electron chi connectivity index (χ1n) is 8.32. The van der Waals surface area contributed by atoms with E-state index in [1.54, 1.807) is 25.1 Å². The van der Waals surface area contributed by atoms with Gasteiger partial charge in [0.2, 0.25) is 0 Å². The van der Waals surface area contributed by atoms with Crippen LogP contribution in [0.15, 0.2) is 42.5 Å². The molecule has 0 fully saturated rings. The summed E-state index contributed by atoms with van der Waals surface area (Å²) >= 11 is 5.39. The van der Waals surface area contributed by atoms with Crippen LogP contribution in [0.2, 0.25) is 0 Å². The molecule has 0 heterocycles. The highest BCUT2D eigenvalue weighted by Crippen LogP contribution is 2.17. The lowest BCUT2D eigenvalue weighted by atomic mass is 10.0. The van der Waals surface area contributed by atoms with E-state index < -0.39 is 0 Å². The fourth-order valence-corrected chi connectivity index (χ4v) is 2.71. The van der Waals surface area contributed by atoms with Crippen LogP contribution in [-0.2, 0) is 4.74 Å². The van der Waals surface area contributed by atoms with Gasteiger partial charge in [0.05, 0.1) is 18.2 Å². The molecule has 0 amide bonds. The smallest absolute Gasteiger partial charge is 0.338 e. The minimum Gasteiger partial charge on any atom is -0.462 e. The van der Waals surface area contributed by atoms with Crippen molar-refractivity contribution in [3.63, 3.8) is 0 Å². The number of nitrogens with one attached hydrogen (secondary N) is 2.